The fourth-order valence-electron chi connectivity index (χ4n) is 0.440. The number of rotatable bonds is 0. The third-order valence-corrected chi connectivity index (χ3v) is 0.744. The van der Waals surface area contributed by atoms with Crippen molar-refractivity contribution in [3.05, 3.63) is 0 Å². The summed E-state index contributed by atoms with van der Waals surface area (Å²) in [7, 11) is 0. The second kappa shape index (κ2) is 23.1. The molecule has 0 radical (unpaired) electrons. The summed E-state index contributed by atoms with van der Waals surface area (Å²) < 4.78 is 9.89. The predicted molar refractivity (Wildman–Crippen MR) is 64.3 cm³/mol. The van der Waals surface area contributed by atoms with E-state index in [0.717, 1.165) is 26.4 Å². The number of hydrogen-bond donors (Lipinski definition) is 8. The lowest BCUT2D eigenvalue weighted by molar-refractivity contribution is -0.0334. The number of carboxylic acid groups (broad SMARTS) is 8. The van der Waals surface area contributed by atoms with Crippen molar-refractivity contribution in [2.24, 2.45) is 0 Å². The molecule has 14 heteroatoms. The lowest BCUT2D eigenvalue weighted by Crippen LogP contribution is -2.16. The first-order valence-corrected chi connectivity index (χ1v) is 4.76. The fourth-order valence-corrected chi connectivity index (χ4v) is 0.440. The minimum absolute atomic E-state index is 0.778. The van der Waals surface area contributed by atoms with Crippen LogP contribution >= 0.6 is 0 Å². The Balaban J connectivity index is -0.0000000937. The van der Waals surface area contributed by atoms with Crippen molar-refractivity contribution >= 4 is 24.6 Å². The van der Waals surface area contributed by atoms with E-state index >= 15 is 0 Å². The Hall–Kier alpha value is -3.00. The van der Waals surface area contributed by atoms with Gasteiger partial charge in [0.2, 0.25) is 0 Å². The minimum Gasteiger partial charge on any atom is -0.450 e. The van der Waals surface area contributed by atoms with Gasteiger partial charge >= 0.3 is 24.6 Å². The van der Waals surface area contributed by atoms with Crippen molar-refractivity contribution in [3.8, 4) is 0 Å². The Kier molecular flexibility index (Phi) is 28.8. The Morgan fingerprint density at radius 2 is 0.545 bits per heavy atom. The molecule has 0 aromatic rings. The largest absolute Gasteiger partial charge is 0.503 e. The molecule has 0 atom stereocenters. The lowest BCUT2D eigenvalue weighted by atomic mass is 10.6. The molecule has 8 N–H and O–H groups in total. The highest BCUT2D eigenvalue weighted by Crippen LogP contribution is 1.85. The molecule has 0 amide bonds. The summed E-state index contributed by atoms with van der Waals surface area (Å²) in [5.74, 6) is 0. The standard InChI is InChI=1S/C4H8O2.4CH2O3/c1-2-6-4-3-5-1;4*2-1(3)4/h1-4H2;4*(H2,2,3,4). The van der Waals surface area contributed by atoms with Gasteiger partial charge in [0.25, 0.3) is 0 Å². The monoisotopic (exact) mass is 336 g/mol. The summed E-state index contributed by atoms with van der Waals surface area (Å²) in [4.78, 5) is 34.2. The van der Waals surface area contributed by atoms with E-state index in [1.165, 1.54) is 0 Å². The Morgan fingerprint density at radius 1 is 0.455 bits per heavy atom. The second-order valence-corrected chi connectivity index (χ2v) is 2.36. The third-order valence-electron chi connectivity index (χ3n) is 0.744. The van der Waals surface area contributed by atoms with Crippen LogP contribution in [0.25, 0.3) is 0 Å². The molecule has 1 fully saturated rings. The maximum absolute atomic E-state index is 8.56. The van der Waals surface area contributed by atoms with Gasteiger partial charge in [-0.3, -0.25) is 0 Å². The summed E-state index contributed by atoms with van der Waals surface area (Å²) in [5.41, 5.74) is 0. The van der Waals surface area contributed by atoms with Crippen molar-refractivity contribution in [1.82, 2.24) is 0 Å². The Bertz CT molecular complexity index is 220. The zero-order valence-electron chi connectivity index (χ0n) is 10.9. The van der Waals surface area contributed by atoms with Crippen LogP contribution in [0.5, 0.6) is 0 Å². The highest BCUT2D eigenvalue weighted by atomic mass is 16.6. The van der Waals surface area contributed by atoms with E-state index < -0.39 is 24.6 Å². The first-order chi connectivity index (χ1) is 9.93. The smallest absolute Gasteiger partial charge is 0.450 e. The maximum atomic E-state index is 8.56. The van der Waals surface area contributed by atoms with Gasteiger partial charge in [0.15, 0.2) is 0 Å². The van der Waals surface area contributed by atoms with Gasteiger partial charge < -0.3 is 50.3 Å². The van der Waals surface area contributed by atoms with E-state index in [2.05, 4.69) is 0 Å². The fraction of sp³-hybridized carbons (Fsp3) is 0.500. The van der Waals surface area contributed by atoms with Gasteiger partial charge in [0, 0.05) is 0 Å². The normalized spacial score (nSPS) is 10.9. The first kappa shape index (κ1) is 27.4. The number of ether oxygens (including phenoxy) is 2. The SMILES string of the molecule is C1COCCO1.O=C(O)O.O=C(O)O.O=C(O)O.O=C(O)O. The topological polar surface area (TPSA) is 249 Å². The summed E-state index contributed by atoms with van der Waals surface area (Å²) in [6.07, 6.45) is -7.33. The van der Waals surface area contributed by atoms with Crippen LogP contribution in [0.15, 0.2) is 0 Å². The van der Waals surface area contributed by atoms with Gasteiger partial charge in [-0.2, -0.15) is 0 Å². The van der Waals surface area contributed by atoms with Gasteiger partial charge in [-0.25, -0.2) is 19.2 Å². The highest BCUT2D eigenvalue weighted by molar-refractivity contribution is 5.54. The second-order valence-electron chi connectivity index (χ2n) is 2.36. The van der Waals surface area contributed by atoms with E-state index in [1.807, 2.05) is 0 Å². The van der Waals surface area contributed by atoms with E-state index in [-0.39, 0.29) is 0 Å². The van der Waals surface area contributed by atoms with E-state index in [1.54, 1.807) is 0 Å². The average molecular weight is 336 g/mol. The van der Waals surface area contributed by atoms with Gasteiger partial charge in [0.05, 0.1) is 26.4 Å². The molecule has 0 aromatic heterocycles. The van der Waals surface area contributed by atoms with Crippen LogP contribution in [-0.4, -0.2) is 91.9 Å². The zero-order valence-corrected chi connectivity index (χ0v) is 10.9. The Labute approximate surface area is 122 Å². The molecule has 1 saturated heterocycles. The molecule has 0 unspecified atom stereocenters. The summed E-state index contributed by atoms with van der Waals surface area (Å²) in [6, 6.07) is 0. The van der Waals surface area contributed by atoms with Gasteiger partial charge in [0.1, 0.15) is 0 Å². The lowest BCUT2D eigenvalue weighted by Gasteiger charge is -2.09. The van der Waals surface area contributed by atoms with Crippen LogP contribution in [0.4, 0.5) is 19.2 Å². The Morgan fingerprint density at radius 3 is 0.591 bits per heavy atom. The molecule has 0 bridgehead atoms. The molecule has 132 valence electrons. The van der Waals surface area contributed by atoms with E-state index in [0.29, 0.717) is 0 Å². The van der Waals surface area contributed by atoms with Crippen LogP contribution in [0.2, 0.25) is 0 Å². The van der Waals surface area contributed by atoms with Crippen LogP contribution < -0.4 is 0 Å². The summed E-state index contributed by atoms with van der Waals surface area (Å²) in [6.45, 7) is 3.11. The molecular formula is C8H16O14. The van der Waals surface area contributed by atoms with Crippen molar-refractivity contribution in [2.45, 2.75) is 0 Å². The minimum atomic E-state index is -1.83. The molecule has 0 saturated carbocycles. The average Bonchev–Trinajstić information content (AvgIpc) is 2.28. The van der Waals surface area contributed by atoms with Crippen LogP contribution in [0, 0.1) is 0 Å². The quantitative estimate of drug-likeness (QED) is 0.306. The van der Waals surface area contributed by atoms with Gasteiger partial charge in [-0.15, -0.1) is 0 Å². The number of hydrogen-bond acceptors (Lipinski definition) is 6. The molecule has 0 aliphatic carbocycles. The van der Waals surface area contributed by atoms with E-state index in [4.69, 9.17) is 69.5 Å². The maximum Gasteiger partial charge on any atom is 0.503 e. The number of carbonyl (C=O) groups is 4. The van der Waals surface area contributed by atoms with Crippen molar-refractivity contribution in [1.29, 1.82) is 0 Å². The molecule has 22 heavy (non-hydrogen) atoms. The van der Waals surface area contributed by atoms with Crippen LogP contribution in [-0.2, 0) is 9.47 Å². The molecular weight excluding hydrogens is 320 g/mol. The zero-order chi connectivity index (χ0) is 18.6. The summed E-state index contributed by atoms with van der Waals surface area (Å²) >= 11 is 0. The third kappa shape index (κ3) is 484. The summed E-state index contributed by atoms with van der Waals surface area (Å²) in [5, 5.41) is 55.8. The van der Waals surface area contributed by atoms with E-state index in [9.17, 15) is 0 Å². The van der Waals surface area contributed by atoms with Crippen molar-refractivity contribution < 1.29 is 69.5 Å². The van der Waals surface area contributed by atoms with Crippen LogP contribution in [0.3, 0.4) is 0 Å². The molecule has 0 aromatic carbocycles. The molecule has 14 nitrogen and oxygen atoms in total. The molecule has 1 heterocycles. The molecule has 1 aliphatic heterocycles. The van der Waals surface area contributed by atoms with Gasteiger partial charge in [-0.05, 0) is 0 Å². The van der Waals surface area contributed by atoms with Crippen LogP contribution in [0.1, 0.15) is 0 Å². The molecule has 1 aliphatic rings. The predicted octanol–water partition coefficient (Wildman–Crippen LogP) is 0.923. The first-order valence-electron chi connectivity index (χ1n) is 4.76. The molecule has 1 rings (SSSR count). The van der Waals surface area contributed by atoms with Crippen molar-refractivity contribution in [2.75, 3.05) is 26.4 Å². The van der Waals surface area contributed by atoms with Crippen molar-refractivity contribution in [3.63, 3.8) is 0 Å². The molecule has 0 spiro atoms. The van der Waals surface area contributed by atoms with Gasteiger partial charge in [-0.1, -0.05) is 0 Å². The highest BCUT2D eigenvalue weighted by Gasteiger charge is 1.94.